The van der Waals surface area contributed by atoms with Gasteiger partial charge < -0.3 is 24.3 Å². The number of ether oxygens (including phenoxy) is 4. The van der Waals surface area contributed by atoms with Crippen LogP contribution in [0.15, 0.2) is 18.2 Å². The van der Waals surface area contributed by atoms with Crippen molar-refractivity contribution < 1.29 is 38.1 Å². The van der Waals surface area contributed by atoms with Crippen LogP contribution in [0.2, 0.25) is 0 Å². The molecule has 0 saturated carbocycles. The Labute approximate surface area is 163 Å². The van der Waals surface area contributed by atoms with Crippen LogP contribution in [0, 0.1) is 5.92 Å². The Bertz CT molecular complexity index is 694. The Balaban J connectivity index is 2.89. The molecule has 9 nitrogen and oxygen atoms in total. The first-order valence-electron chi connectivity index (χ1n) is 8.53. The van der Waals surface area contributed by atoms with E-state index in [1.54, 1.807) is 0 Å². The fourth-order valence-electron chi connectivity index (χ4n) is 2.37. The predicted molar refractivity (Wildman–Crippen MR) is 98.0 cm³/mol. The average Bonchev–Trinajstić information content (AvgIpc) is 2.69. The summed E-state index contributed by atoms with van der Waals surface area (Å²) in [5.41, 5.74) is 0.126. The number of benzene rings is 1. The number of carbonyl (C=O) groups is 4. The summed E-state index contributed by atoms with van der Waals surface area (Å²) < 4.78 is 19.3. The zero-order valence-electron chi connectivity index (χ0n) is 16.6. The Morgan fingerprint density at radius 2 is 1.43 bits per heavy atom. The first kappa shape index (κ1) is 22.9. The van der Waals surface area contributed by atoms with Gasteiger partial charge in [-0.15, -0.1) is 0 Å². The largest absolute Gasteiger partial charge is 0.484 e. The first-order valence-corrected chi connectivity index (χ1v) is 8.53. The molecule has 1 N–H and O–H groups in total. The summed E-state index contributed by atoms with van der Waals surface area (Å²) in [6.07, 6.45) is 0.405. The topological polar surface area (TPSA) is 117 Å². The van der Waals surface area contributed by atoms with Gasteiger partial charge in [0.2, 0.25) is 0 Å². The SMILES string of the molecule is COC(=O)c1cc(OCC(=O)N[C@H](CC(C)C)C(=O)OC)cc(C(=O)OC)c1. The fourth-order valence-corrected chi connectivity index (χ4v) is 2.37. The van der Waals surface area contributed by atoms with Gasteiger partial charge >= 0.3 is 17.9 Å². The Hall–Kier alpha value is -3.10. The lowest BCUT2D eigenvalue weighted by atomic mass is 10.0. The van der Waals surface area contributed by atoms with Crippen molar-refractivity contribution in [3.63, 3.8) is 0 Å². The first-order chi connectivity index (χ1) is 13.2. The third-order valence-corrected chi connectivity index (χ3v) is 3.65. The Kier molecular flexibility index (Phi) is 8.94. The van der Waals surface area contributed by atoms with Gasteiger partial charge in [-0.3, -0.25) is 4.79 Å². The average molecular weight is 395 g/mol. The van der Waals surface area contributed by atoms with Gasteiger partial charge in [0.15, 0.2) is 6.61 Å². The van der Waals surface area contributed by atoms with E-state index < -0.39 is 36.5 Å². The van der Waals surface area contributed by atoms with E-state index in [1.165, 1.54) is 39.5 Å². The van der Waals surface area contributed by atoms with Crippen LogP contribution in [0.25, 0.3) is 0 Å². The summed E-state index contributed by atoms with van der Waals surface area (Å²) in [5, 5.41) is 2.54. The zero-order chi connectivity index (χ0) is 21.3. The van der Waals surface area contributed by atoms with Gasteiger partial charge in [0.25, 0.3) is 5.91 Å². The van der Waals surface area contributed by atoms with Crippen molar-refractivity contribution in [2.75, 3.05) is 27.9 Å². The van der Waals surface area contributed by atoms with E-state index in [0.717, 1.165) is 0 Å². The molecule has 9 heteroatoms. The summed E-state index contributed by atoms with van der Waals surface area (Å²) in [5.74, 6) is -2.21. The van der Waals surface area contributed by atoms with Crippen LogP contribution in [0.5, 0.6) is 5.75 Å². The molecule has 0 bridgehead atoms. The van der Waals surface area contributed by atoms with E-state index in [2.05, 4.69) is 19.5 Å². The molecule has 0 heterocycles. The molecule has 0 fully saturated rings. The van der Waals surface area contributed by atoms with Crippen molar-refractivity contribution in [2.45, 2.75) is 26.3 Å². The molecular formula is C19H25NO8. The highest BCUT2D eigenvalue weighted by molar-refractivity contribution is 5.96. The highest BCUT2D eigenvalue weighted by Crippen LogP contribution is 2.19. The van der Waals surface area contributed by atoms with Crippen molar-refractivity contribution in [3.05, 3.63) is 29.3 Å². The summed E-state index contributed by atoms with van der Waals surface area (Å²) >= 11 is 0. The quantitative estimate of drug-likeness (QED) is 0.492. The number of amides is 1. The molecule has 0 spiro atoms. The van der Waals surface area contributed by atoms with E-state index in [-0.39, 0.29) is 22.8 Å². The van der Waals surface area contributed by atoms with Crippen LogP contribution in [-0.4, -0.2) is 57.8 Å². The molecule has 1 aromatic rings. The van der Waals surface area contributed by atoms with Crippen molar-refractivity contribution >= 4 is 23.8 Å². The van der Waals surface area contributed by atoms with Gasteiger partial charge in [-0.2, -0.15) is 0 Å². The molecule has 0 aromatic heterocycles. The van der Waals surface area contributed by atoms with Gasteiger partial charge in [0, 0.05) is 0 Å². The number of hydrogen-bond acceptors (Lipinski definition) is 8. The van der Waals surface area contributed by atoms with Gasteiger partial charge in [-0.1, -0.05) is 13.8 Å². The number of rotatable bonds is 9. The molecular weight excluding hydrogens is 370 g/mol. The van der Waals surface area contributed by atoms with Crippen molar-refractivity contribution in [3.8, 4) is 5.75 Å². The number of hydrogen-bond donors (Lipinski definition) is 1. The molecule has 1 rings (SSSR count). The highest BCUT2D eigenvalue weighted by atomic mass is 16.5. The predicted octanol–water partition coefficient (Wildman–Crippen LogP) is 1.34. The van der Waals surface area contributed by atoms with Gasteiger partial charge in [-0.25, -0.2) is 14.4 Å². The monoisotopic (exact) mass is 395 g/mol. The van der Waals surface area contributed by atoms with Crippen molar-refractivity contribution in [1.82, 2.24) is 5.32 Å². The zero-order valence-corrected chi connectivity index (χ0v) is 16.6. The van der Waals surface area contributed by atoms with Gasteiger partial charge in [0.1, 0.15) is 11.8 Å². The summed E-state index contributed by atoms with van der Waals surface area (Å²) in [6.45, 7) is 3.38. The minimum atomic E-state index is -0.798. The van der Waals surface area contributed by atoms with E-state index in [9.17, 15) is 19.2 Å². The highest BCUT2D eigenvalue weighted by Gasteiger charge is 2.23. The smallest absolute Gasteiger partial charge is 0.338 e. The van der Waals surface area contributed by atoms with Crippen LogP contribution in [0.1, 0.15) is 41.0 Å². The van der Waals surface area contributed by atoms with Crippen LogP contribution >= 0.6 is 0 Å². The number of carbonyl (C=O) groups excluding carboxylic acids is 4. The maximum Gasteiger partial charge on any atom is 0.338 e. The number of esters is 3. The lowest BCUT2D eigenvalue weighted by Gasteiger charge is -2.18. The summed E-state index contributed by atoms with van der Waals surface area (Å²) in [6, 6.07) is 3.16. The van der Waals surface area contributed by atoms with Gasteiger partial charge in [-0.05, 0) is 30.5 Å². The molecule has 0 radical (unpaired) electrons. The summed E-state index contributed by atoms with van der Waals surface area (Å²) in [7, 11) is 3.64. The second kappa shape index (κ2) is 10.9. The lowest BCUT2D eigenvalue weighted by Crippen LogP contribution is -2.44. The molecule has 1 amide bonds. The molecule has 0 aliphatic heterocycles. The molecule has 0 unspecified atom stereocenters. The third kappa shape index (κ3) is 6.90. The minimum absolute atomic E-state index is 0.0630. The molecule has 0 saturated heterocycles. The standard InChI is InChI=1S/C19H25NO8/c1-11(2)6-15(19(24)27-5)20-16(21)10-28-14-8-12(17(22)25-3)7-13(9-14)18(23)26-4/h7-9,11,15H,6,10H2,1-5H3,(H,20,21)/t15-/m1/s1. The molecule has 0 aliphatic carbocycles. The van der Waals surface area contributed by atoms with Crippen molar-refractivity contribution in [2.24, 2.45) is 5.92 Å². The Morgan fingerprint density at radius 3 is 1.86 bits per heavy atom. The Morgan fingerprint density at radius 1 is 0.893 bits per heavy atom. The molecule has 28 heavy (non-hydrogen) atoms. The number of nitrogens with one attached hydrogen (secondary N) is 1. The fraction of sp³-hybridized carbons (Fsp3) is 0.474. The lowest BCUT2D eigenvalue weighted by molar-refractivity contribution is -0.145. The normalized spacial score (nSPS) is 11.4. The maximum absolute atomic E-state index is 12.2. The van der Waals surface area contributed by atoms with E-state index in [1.807, 2.05) is 13.8 Å². The van der Waals surface area contributed by atoms with E-state index in [0.29, 0.717) is 6.42 Å². The van der Waals surface area contributed by atoms with E-state index in [4.69, 9.17) is 4.74 Å². The third-order valence-electron chi connectivity index (χ3n) is 3.65. The molecule has 0 aliphatic rings. The summed E-state index contributed by atoms with van der Waals surface area (Å²) in [4.78, 5) is 47.5. The van der Waals surface area contributed by atoms with Crippen molar-refractivity contribution in [1.29, 1.82) is 0 Å². The minimum Gasteiger partial charge on any atom is -0.484 e. The molecule has 154 valence electrons. The van der Waals surface area contributed by atoms with Crippen LogP contribution < -0.4 is 10.1 Å². The number of methoxy groups -OCH3 is 3. The molecule has 1 aromatic carbocycles. The second-order valence-corrected chi connectivity index (χ2v) is 6.29. The van der Waals surface area contributed by atoms with Crippen LogP contribution in [0.3, 0.4) is 0 Å². The van der Waals surface area contributed by atoms with Gasteiger partial charge in [0.05, 0.1) is 32.5 Å². The second-order valence-electron chi connectivity index (χ2n) is 6.29. The van der Waals surface area contributed by atoms with Crippen LogP contribution in [0.4, 0.5) is 0 Å². The van der Waals surface area contributed by atoms with Crippen LogP contribution in [-0.2, 0) is 23.8 Å². The van der Waals surface area contributed by atoms with E-state index >= 15 is 0 Å². The maximum atomic E-state index is 12.2. The molecule has 1 atom stereocenters.